The lowest BCUT2D eigenvalue weighted by Crippen LogP contribution is -2.47. The summed E-state index contributed by atoms with van der Waals surface area (Å²) in [4.78, 5) is 51.7. The van der Waals surface area contributed by atoms with Crippen molar-refractivity contribution in [1.29, 1.82) is 5.26 Å². The SMILES string of the molecule is N#CC1C[C@@H]2C[C@@H]2N1C(=O)CNCCC1(C(N)=O)c2ccc(C(N)=O)cc2CCc2cc(C(N)=O)ccc21. The summed E-state index contributed by atoms with van der Waals surface area (Å²) in [5.41, 5.74) is 19.4. The van der Waals surface area contributed by atoms with E-state index in [9.17, 15) is 24.4 Å². The molecule has 0 aromatic heterocycles. The van der Waals surface area contributed by atoms with Crippen molar-refractivity contribution in [3.05, 3.63) is 69.8 Å². The zero-order valence-corrected chi connectivity index (χ0v) is 20.9. The Kier molecular flexibility index (Phi) is 6.41. The molecule has 10 nitrogen and oxygen atoms in total. The number of fused-ring (bicyclic) bond motifs is 3. The van der Waals surface area contributed by atoms with E-state index in [1.165, 1.54) is 0 Å². The number of hydrogen-bond donors (Lipinski definition) is 4. The molecule has 0 bridgehead atoms. The number of nitrogens with two attached hydrogens (primary N) is 3. The van der Waals surface area contributed by atoms with Crippen LogP contribution in [0.5, 0.6) is 0 Å². The van der Waals surface area contributed by atoms with Crippen LogP contribution >= 0.6 is 0 Å². The predicted molar refractivity (Wildman–Crippen MR) is 138 cm³/mol. The van der Waals surface area contributed by atoms with Gasteiger partial charge in [-0.2, -0.15) is 5.26 Å². The van der Waals surface area contributed by atoms with Crippen LogP contribution in [0.4, 0.5) is 0 Å². The summed E-state index contributed by atoms with van der Waals surface area (Å²) in [7, 11) is 0. The molecule has 1 unspecified atom stereocenters. The molecular weight excluding hydrogens is 484 g/mol. The molecule has 2 fully saturated rings. The third kappa shape index (κ3) is 4.19. The minimum Gasteiger partial charge on any atom is -0.369 e. The van der Waals surface area contributed by atoms with E-state index < -0.39 is 23.1 Å². The Labute approximate surface area is 220 Å². The normalized spacial score (nSPS) is 22.3. The van der Waals surface area contributed by atoms with Gasteiger partial charge in [0.1, 0.15) is 11.5 Å². The van der Waals surface area contributed by atoms with Crippen LogP contribution in [0.15, 0.2) is 36.4 Å². The molecule has 0 spiro atoms. The van der Waals surface area contributed by atoms with Crippen molar-refractivity contribution >= 4 is 23.6 Å². The smallest absolute Gasteiger partial charge is 0.248 e. The summed E-state index contributed by atoms with van der Waals surface area (Å²) < 4.78 is 0. The molecule has 196 valence electrons. The van der Waals surface area contributed by atoms with Crippen molar-refractivity contribution in [1.82, 2.24) is 10.2 Å². The second-order valence-electron chi connectivity index (χ2n) is 10.4. The lowest BCUT2D eigenvalue weighted by Gasteiger charge is -2.34. The van der Waals surface area contributed by atoms with Gasteiger partial charge in [-0.15, -0.1) is 0 Å². The van der Waals surface area contributed by atoms with E-state index in [2.05, 4.69) is 11.4 Å². The number of hydrogen-bond acceptors (Lipinski definition) is 6. The topological polar surface area (TPSA) is 185 Å². The van der Waals surface area contributed by atoms with Crippen LogP contribution in [-0.2, 0) is 27.8 Å². The standard InChI is InChI=1S/C28H30N6O4/c29-13-20-11-19-12-23(19)34(20)24(35)14-33-8-7-28(27(32)38)21-5-3-17(25(30)36)9-15(21)1-2-16-10-18(26(31)37)4-6-22(16)28/h3-6,9-10,19-20,23,33H,1-2,7-8,11-12,14H2,(H2,30,36)(H2,31,37)(H2,32,38)/t19-,20?,23+/m1/s1. The Morgan fingerprint density at radius 1 is 0.947 bits per heavy atom. The Morgan fingerprint density at radius 2 is 1.53 bits per heavy atom. The fourth-order valence-electron chi connectivity index (χ4n) is 6.31. The van der Waals surface area contributed by atoms with Gasteiger partial charge in [-0.25, -0.2) is 0 Å². The number of nitrogens with zero attached hydrogens (tertiary/aromatic N) is 2. The third-order valence-electron chi connectivity index (χ3n) is 8.28. The summed E-state index contributed by atoms with van der Waals surface area (Å²) in [5.74, 6) is -1.44. The second-order valence-corrected chi connectivity index (χ2v) is 10.4. The Morgan fingerprint density at radius 3 is 2.03 bits per heavy atom. The molecule has 0 radical (unpaired) electrons. The van der Waals surface area contributed by atoms with Crippen LogP contribution in [0, 0.1) is 17.2 Å². The highest BCUT2D eigenvalue weighted by Gasteiger charge is 2.54. The van der Waals surface area contributed by atoms with Gasteiger partial charge in [-0.1, -0.05) is 12.1 Å². The predicted octanol–water partition coefficient (Wildman–Crippen LogP) is 0.247. The number of likely N-dealkylation sites (tertiary alicyclic amines) is 1. The van der Waals surface area contributed by atoms with Gasteiger partial charge < -0.3 is 27.4 Å². The first-order valence-corrected chi connectivity index (χ1v) is 12.7. The first-order chi connectivity index (χ1) is 18.2. The van der Waals surface area contributed by atoms with Gasteiger partial charge in [0.15, 0.2) is 0 Å². The zero-order chi connectivity index (χ0) is 27.2. The summed E-state index contributed by atoms with van der Waals surface area (Å²) >= 11 is 0. The third-order valence-corrected chi connectivity index (χ3v) is 8.28. The molecule has 2 aromatic carbocycles. The highest BCUT2D eigenvalue weighted by Crippen LogP contribution is 2.47. The van der Waals surface area contributed by atoms with E-state index >= 15 is 0 Å². The van der Waals surface area contributed by atoms with Crippen molar-refractivity contribution in [2.24, 2.45) is 23.1 Å². The second kappa shape index (κ2) is 9.58. The fraction of sp³-hybridized carbons (Fsp3) is 0.393. The lowest BCUT2D eigenvalue weighted by atomic mass is 9.69. The van der Waals surface area contributed by atoms with Crippen LogP contribution in [0.3, 0.4) is 0 Å². The Hall–Kier alpha value is -4.23. The maximum atomic E-state index is 13.4. The molecule has 1 saturated carbocycles. The molecule has 1 heterocycles. The summed E-state index contributed by atoms with van der Waals surface area (Å²) in [6.07, 6.45) is 2.91. The first-order valence-electron chi connectivity index (χ1n) is 12.7. The van der Waals surface area contributed by atoms with Gasteiger partial charge in [0, 0.05) is 17.2 Å². The van der Waals surface area contributed by atoms with E-state index in [0.717, 1.165) is 24.0 Å². The minimum absolute atomic E-state index is 0.0389. The molecule has 3 aliphatic rings. The van der Waals surface area contributed by atoms with Gasteiger partial charge in [-0.3, -0.25) is 19.2 Å². The van der Waals surface area contributed by atoms with E-state index in [0.29, 0.717) is 41.0 Å². The van der Waals surface area contributed by atoms with E-state index in [1.807, 2.05) is 0 Å². The van der Waals surface area contributed by atoms with Gasteiger partial charge in [0.2, 0.25) is 23.6 Å². The number of carbonyl (C=O) groups is 4. The molecular formula is C28H30N6O4. The van der Waals surface area contributed by atoms with E-state index in [4.69, 9.17) is 17.2 Å². The molecule has 7 N–H and O–H groups in total. The average molecular weight is 515 g/mol. The molecule has 38 heavy (non-hydrogen) atoms. The van der Waals surface area contributed by atoms with Gasteiger partial charge in [-0.05, 0) is 91.1 Å². The van der Waals surface area contributed by atoms with Crippen molar-refractivity contribution < 1.29 is 19.2 Å². The van der Waals surface area contributed by atoms with Crippen LogP contribution in [0.2, 0.25) is 0 Å². The quantitative estimate of drug-likeness (QED) is 0.366. The summed E-state index contributed by atoms with van der Waals surface area (Å²) in [6, 6.07) is 12.0. The largest absolute Gasteiger partial charge is 0.369 e. The molecule has 3 atom stereocenters. The van der Waals surface area contributed by atoms with E-state index in [-0.39, 0.29) is 37.5 Å². The van der Waals surface area contributed by atoms with Gasteiger partial charge >= 0.3 is 0 Å². The van der Waals surface area contributed by atoms with Crippen molar-refractivity contribution in [2.75, 3.05) is 13.1 Å². The van der Waals surface area contributed by atoms with Crippen molar-refractivity contribution in [3.63, 3.8) is 0 Å². The zero-order valence-electron chi connectivity index (χ0n) is 20.9. The van der Waals surface area contributed by atoms with Crippen LogP contribution < -0.4 is 22.5 Å². The van der Waals surface area contributed by atoms with Gasteiger partial charge in [0.05, 0.1) is 12.6 Å². The average Bonchev–Trinajstić information content (AvgIpc) is 3.58. The Balaban J connectivity index is 1.46. The van der Waals surface area contributed by atoms with Crippen LogP contribution in [0.25, 0.3) is 0 Å². The number of benzene rings is 2. The molecule has 1 aliphatic heterocycles. The molecule has 2 aromatic rings. The number of primary amides is 3. The van der Waals surface area contributed by atoms with Crippen LogP contribution in [0.1, 0.15) is 62.2 Å². The highest BCUT2D eigenvalue weighted by molar-refractivity contribution is 5.96. The molecule has 4 amide bonds. The number of nitrogens with one attached hydrogen (secondary N) is 1. The highest BCUT2D eigenvalue weighted by atomic mass is 16.2. The van der Waals surface area contributed by atoms with Gasteiger partial charge in [0.25, 0.3) is 0 Å². The molecule has 10 heteroatoms. The molecule has 5 rings (SSSR count). The number of amides is 4. The van der Waals surface area contributed by atoms with E-state index in [1.54, 1.807) is 41.3 Å². The minimum atomic E-state index is -1.28. The first kappa shape index (κ1) is 25.4. The number of rotatable bonds is 8. The summed E-state index contributed by atoms with van der Waals surface area (Å²) in [6.45, 7) is 0.318. The van der Waals surface area contributed by atoms with Crippen molar-refractivity contribution in [2.45, 2.75) is 49.6 Å². The molecule has 2 aliphatic carbocycles. The monoisotopic (exact) mass is 514 g/mol. The Bertz CT molecular complexity index is 1330. The maximum Gasteiger partial charge on any atom is 0.248 e. The summed E-state index contributed by atoms with van der Waals surface area (Å²) in [5, 5.41) is 12.6. The molecule has 1 saturated heterocycles. The number of carbonyl (C=O) groups excluding carboxylic acids is 4. The number of piperidine rings is 1. The number of nitriles is 1. The van der Waals surface area contributed by atoms with Crippen molar-refractivity contribution in [3.8, 4) is 6.07 Å². The van der Waals surface area contributed by atoms with Crippen LogP contribution in [-0.4, -0.2) is 53.7 Å². The fourth-order valence-corrected chi connectivity index (χ4v) is 6.31. The lowest BCUT2D eigenvalue weighted by molar-refractivity contribution is -0.131. The number of aryl methyl sites for hydroxylation is 2. The maximum absolute atomic E-state index is 13.4.